The van der Waals surface area contributed by atoms with E-state index in [0.717, 1.165) is 11.8 Å². The van der Waals surface area contributed by atoms with E-state index in [4.69, 9.17) is 0 Å². The maximum absolute atomic E-state index is 11.2. The first-order chi connectivity index (χ1) is 9.70. The van der Waals surface area contributed by atoms with E-state index in [1.165, 1.54) is 12.1 Å². The highest BCUT2D eigenvalue weighted by Gasteiger charge is 2.16. The highest BCUT2D eigenvalue weighted by atomic mass is 16.6. The van der Waals surface area contributed by atoms with Gasteiger partial charge in [0.05, 0.1) is 10.6 Å². The molecule has 0 saturated heterocycles. The molecule has 1 aromatic heterocycles. The van der Waals surface area contributed by atoms with E-state index in [1.54, 1.807) is 6.07 Å². The van der Waals surface area contributed by atoms with Gasteiger partial charge in [0.15, 0.2) is 6.29 Å². The number of hydrogen-bond acceptors (Lipinski definition) is 3. The van der Waals surface area contributed by atoms with Gasteiger partial charge in [-0.05, 0) is 11.6 Å². The molecule has 0 aliphatic carbocycles. The lowest BCUT2D eigenvalue weighted by atomic mass is 10.0. The SMILES string of the molecule is O=Cc1[nH]c2ccc([N+](=O)[O-])cc2c1-c1ccccc1. The van der Waals surface area contributed by atoms with Crippen LogP contribution in [0, 0.1) is 10.1 Å². The number of nitro groups is 1. The number of nitrogens with one attached hydrogen (secondary N) is 1. The number of carbonyl (C=O) groups excluding carboxylic acids is 1. The minimum absolute atomic E-state index is 0.00568. The Morgan fingerprint density at radius 3 is 2.50 bits per heavy atom. The lowest BCUT2D eigenvalue weighted by Crippen LogP contribution is -1.87. The van der Waals surface area contributed by atoms with Gasteiger partial charge in [-0.25, -0.2) is 0 Å². The molecule has 3 rings (SSSR count). The normalized spacial score (nSPS) is 10.6. The second-order valence-electron chi connectivity index (χ2n) is 4.38. The number of benzene rings is 2. The molecule has 5 nitrogen and oxygen atoms in total. The molecule has 98 valence electrons. The predicted molar refractivity (Wildman–Crippen MR) is 75.8 cm³/mol. The van der Waals surface area contributed by atoms with Crippen LogP contribution in [-0.4, -0.2) is 16.2 Å². The summed E-state index contributed by atoms with van der Waals surface area (Å²) in [5.41, 5.74) is 2.68. The number of aromatic nitrogens is 1. The molecule has 0 saturated carbocycles. The summed E-state index contributed by atoms with van der Waals surface area (Å²) in [7, 11) is 0. The van der Waals surface area contributed by atoms with Crippen molar-refractivity contribution in [3.05, 3.63) is 64.3 Å². The summed E-state index contributed by atoms with van der Waals surface area (Å²) in [6, 6.07) is 13.9. The summed E-state index contributed by atoms with van der Waals surface area (Å²) in [5, 5.41) is 11.6. The Kier molecular flexibility index (Phi) is 2.80. The van der Waals surface area contributed by atoms with Gasteiger partial charge in [-0.2, -0.15) is 0 Å². The van der Waals surface area contributed by atoms with Crippen LogP contribution >= 0.6 is 0 Å². The van der Waals surface area contributed by atoms with Crippen molar-refractivity contribution < 1.29 is 9.72 Å². The van der Waals surface area contributed by atoms with E-state index in [1.807, 2.05) is 30.3 Å². The predicted octanol–water partition coefficient (Wildman–Crippen LogP) is 3.56. The quantitative estimate of drug-likeness (QED) is 0.447. The van der Waals surface area contributed by atoms with Crippen molar-refractivity contribution >= 4 is 22.9 Å². The molecule has 0 fully saturated rings. The number of H-pyrrole nitrogens is 1. The zero-order valence-electron chi connectivity index (χ0n) is 10.4. The van der Waals surface area contributed by atoms with Crippen LogP contribution in [0.4, 0.5) is 5.69 Å². The first-order valence-electron chi connectivity index (χ1n) is 6.01. The fourth-order valence-corrected chi connectivity index (χ4v) is 2.32. The Morgan fingerprint density at radius 1 is 1.10 bits per heavy atom. The topological polar surface area (TPSA) is 76.0 Å². The first kappa shape index (κ1) is 12.1. The van der Waals surface area contributed by atoms with Gasteiger partial charge < -0.3 is 4.98 Å². The molecule has 0 bridgehead atoms. The highest BCUT2D eigenvalue weighted by molar-refractivity contribution is 6.04. The molecule has 20 heavy (non-hydrogen) atoms. The summed E-state index contributed by atoms with van der Waals surface area (Å²) in [6.07, 6.45) is 0.730. The molecular weight excluding hydrogens is 256 g/mol. The van der Waals surface area contributed by atoms with Gasteiger partial charge in [-0.3, -0.25) is 14.9 Å². The Labute approximate surface area is 114 Å². The second-order valence-corrected chi connectivity index (χ2v) is 4.38. The third-order valence-electron chi connectivity index (χ3n) is 3.20. The summed E-state index contributed by atoms with van der Waals surface area (Å²) in [4.78, 5) is 24.7. The maximum atomic E-state index is 11.2. The smallest absolute Gasteiger partial charge is 0.270 e. The molecular formula is C15H10N2O3. The molecule has 0 aliphatic heterocycles. The minimum Gasteiger partial charge on any atom is -0.352 e. The highest BCUT2D eigenvalue weighted by Crippen LogP contribution is 2.33. The van der Waals surface area contributed by atoms with E-state index >= 15 is 0 Å². The molecule has 0 amide bonds. The van der Waals surface area contributed by atoms with Crippen molar-refractivity contribution in [2.24, 2.45) is 0 Å². The van der Waals surface area contributed by atoms with Gasteiger partial charge in [0.25, 0.3) is 5.69 Å². The number of hydrogen-bond donors (Lipinski definition) is 1. The zero-order valence-corrected chi connectivity index (χ0v) is 10.4. The van der Waals surface area contributed by atoms with E-state index in [9.17, 15) is 14.9 Å². The molecule has 1 N–H and O–H groups in total. The van der Waals surface area contributed by atoms with Crippen LogP contribution in [0.15, 0.2) is 48.5 Å². The number of non-ortho nitro benzene ring substituents is 1. The fraction of sp³-hybridized carbons (Fsp3) is 0. The lowest BCUT2D eigenvalue weighted by molar-refractivity contribution is -0.384. The van der Waals surface area contributed by atoms with Crippen LogP contribution in [0.3, 0.4) is 0 Å². The summed E-state index contributed by atoms with van der Waals surface area (Å²) < 4.78 is 0. The molecule has 0 unspecified atom stereocenters. The summed E-state index contributed by atoms with van der Waals surface area (Å²) in [6.45, 7) is 0. The second kappa shape index (κ2) is 4.62. The van der Waals surface area contributed by atoms with Crippen LogP contribution in [0.1, 0.15) is 10.5 Å². The molecule has 0 radical (unpaired) electrons. The lowest BCUT2D eigenvalue weighted by Gasteiger charge is -2.00. The van der Waals surface area contributed by atoms with Crippen molar-refractivity contribution in [1.29, 1.82) is 0 Å². The van der Waals surface area contributed by atoms with Crippen LogP contribution in [0.2, 0.25) is 0 Å². The van der Waals surface area contributed by atoms with Crippen molar-refractivity contribution in [2.45, 2.75) is 0 Å². The van der Waals surface area contributed by atoms with Gasteiger partial charge >= 0.3 is 0 Å². The minimum atomic E-state index is -0.443. The van der Waals surface area contributed by atoms with Crippen molar-refractivity contribution in [3.63, 3.8) is 0 Å². The number of carbonyl (C=O) groups is 1. The van der Waals surface area contributed by atoms with E-state index < -0.39 is 4.92 Å². The molecule has 0 spiro atoms. The van der Waals surface area contributed by atoms with Gasteiger partial charge in [0.2, 0.25) is 0 Å². The van der Waals surface area contributed by atoms with Gasteiger partial charge in [-0.1, -0.05) is 30.3 Å². The third-order valence-corrected chi connectivity index (χ3v) is 3.20. The number of nitrogens with zero attached hydrogens (tertiary/aromatic N) is 1. The fourth-order valence-electron chi connectivity index (χ4n) is 2.32. The van der Waals surface area contributed by atoms with Crippen LogP contribution in [0.25, 0.3) is 22.0 Å². The number of nitro benzene ring substituents is 1. The molecule has 3 aromatic rings. The van der Waals surface area contributed by atoms with Crippen LogP contribution < -0.4 is 0 Å². The Balaban J connectivity index is 2.35. The standard InChI is InChI=1S/C15H10N2O3/c18-9-14-15(10-4-2-1-3-5-10)12-8-11(17(19)20)6-7-13(12)16-14/h1-9,16H. The molecule has 5 heteroatoms. The van der Waals surface area contributed by atoms with E-state index in [0.29, 0.717) is 22.2 Å². The van der Waals surface area contributed by atoms with Crippen molar-refractivity contribution in [3.8, 4) is 11.1 Å². The monoisotopic (exact) mass is 266 g/mol. The molecule has 0 atom stereocenters. The first-order valence-corrected chi connectivity index (χ1v) is 6.01. The van der Waals surface area contributed by atoms with Crippen molar-refractivity contribution in [1.82, 2.24) is 4.98 Å². The van der Waals surface area contributed by atoms with Crippen LogP contribution in [0.5, 0.6) is 0 Å². The number of aromatic amines is 1. The van der Waals surface area contributed by atoms with E-state index in [-0.39, 0.29) is 5.69 Å². The van der Waals surface area contributed by atoms with Gasteiger partial charge in [0.1, 0.15) is 0 Å². The zero-order chi connectivity index (χ0) is 14.1. The molecule has 0 aliphatic rings. The Morgan fingerprint density at radius 2 is 1.85 bits per heavy atom. The Bertz CT molecular complexity index is 807. The van der Waals surface area contributed by atoms with Crippen molar-refractivity contribution in [2.75, 3.05) is 0 Å². The molecule has 2 aromatic carbocycles. The number of aldehydes is 1. The molecule has 1 heterocycles. The van der Waals surface area contributed by atoms with Gasteiger partial charge in [0, 0.05) is 28.6 Å². The summed E-state index contributed by atoms with van der Waals surface area (Å²) in [5.74, 6) is 0. The summed E-state index contributed by atoms with van der Waals surface area (Å²) >= 11 is 0. The largest absolute Gasteiger partial charge is 0.352 e. The van der Waals surface area contributed by atoms with Gasteiger partial charge in [-0.15, -0.1) is 0 Å². The maximum Gasteiger partial charge on any atom is 0.270 e. The third kappa shape index (κ3) is 1.85. The number of rotatable bonds is 3. The Hall–Kier alpha value is -2.95. The van der Waals surface area contributed by atoms with E-state index in [2.05, 4.69) is 4.98 Å². The van der Waals surface area contributed by atoms with Crippen LogP contribution in [-0.2, 0) is 0 Å². The average Bonchev–Trinajstić information content (AvgIpc) is 2.85. The average molecular weight is 266 g/mol. The number of fused-ring (bicyclic) bond motifs is 1.